The molecule has 1 aromatic carbocycles. The summed E-state index contributed by atoms with van der Waals surface area (Å²) in [5.74, 6) is 0.495. The largest absolute Gasteiger partial charge is 0.508 e. The van der Waals surface area contributed by atoms with Gasteiger partial charge in [0, 0.05) is 11.5 Å². The van der Waals surface area contributed by atoms with Gasteiger partial charge in [-0.15, -0.1) is 0 Å². The third kappa shape index (κ3) is 4.66. The Morgan fingerprint density at radius 2 is 1.64 bits per heavy atom. The molecule has 10 atom stereocenters. The van der Waals surface area contributed by atoms with E-state index in [1.165, 1.54) is 6.08 Å². The van der Waals surface area contributed by atoms with Gasteiger partial charge in [-0.25, -0.2) is 4.79 Å². The molecule has 0 radical (unpaired) electrons. The van der Waals surface area contributed by atoms with Gasteiger partial charge in [0.15, 0.2) is 0 Å². The van der Waals surface area contributed by atoms with E-state index in [2.05, 4.69) is 47.6 Å². The van der Waals surface area contributed by atoms with Crippen molar-refractivity contribution >= 4 is 18.0 Å². The molecule has 0 saturated heterocycles. The van der Waals surface area contributed by atoms with E-state index in [9.17, 15) is 24.9 Å². The maximum atomic E-state index is 13.9. The Hall–Kier alpha value is -2.60. The molecule has 5 aliphatic carbocycles. The van der Waals surface area contributed by atoms with Gasteiger partial charge in [-0.2, -0.15) is 0 Å². The number of hydrogen-bond acceptors (Lipinski definition) is 5. The number of rotatable bonds is 5. The number of phenols is 1. The summed E-state index contributed by atoms with van der Waals surface area (Å²) in [6.45, 7) is 14.1. The Bertz CT molecular complexity index is 1390. The van der Waals surface area contributed by atoms with E-state index >= 15 is 0 Å². The van der Waals surface area contributed by atoms with Crippen LogP contribution >= 0.6 is 0 Å². The zero-order valence-electron chi connectivity index (χ0n) is 28.1. The minimum Gasteiger partial charge on any atom is -0.508 e. The van der Waals surface area contributed by atoms with Gasteiger partial charge >= 0.3 is 11.9 Å². The highest BCUT2D eigenvalue weighted by Gasteiger charge is 2.72. The number of carbonyl (C=O) groups excluding carboxylic acids is 1. The summed E-state index contributed by atoms with van der Waals surface area (Å²) >= 11 is 0. The van der Waals surface area contributed by atoms with Gasteiger partial charge in [0.2, 0.25) is 0 Å². The average molecular weight is 619 g/mol. The zero-order chi connectivity index (χ0) is 32.6. The fourth-order valence-corrected chi connectivity index (χ4v) is 12.0. The molecule has 0 aliphatic heterocycles. The minimum absolute atomic E-state index is 0.0282. The number of benzene rings is 1. The van der Waals surface area contributed by atoms with Crippen LogP contribution in [-0.4, -0.2) is 40.0 Å². The number of fused-ring (bicyclic) bond motifs is 7. The number of allylic oxidation sites excluding steroid dienone is 1. The van der Waals surface area contributed by atoms with Crippen LogP contribution in [0, 0.1) is 56.7 Å². The van der Waals surface area contributed by atoms with Gasteiger partial charge < -0.3 is 20.1 Å². The Labute approximate surface area is 269 Å². The first-order valence-electron chi connectivity index (χ1n) is 17.4. The van der Waals surface area contributed by atoms with E-state index in [1.54, 1.807) is 30.3 Å². The summed E-state index contributed by atoms with van der Waals surface area (Å²) in [5, 5.41) is 32.0. The Morgan fingerprint density at radius 1 is 0.933 bits per heavy atom. The third-order valence-corrected chi connectivity index (χ3v) is 14.8. The van der Waals surface area contributed by atoms with Gasteiger partial charge in [-0.1, -0.05) is 65.3 Å². The molecule has 6 heteroatoms. The molecule has 1 aromatic rings. The Morgan fingerprint density at radius 3 is 2.33 bits per heavy atom. The van der Waals surface area contributed by atoms with Crippen LogP contribution in [-0.2, 0) is 14.3 Å². The first-order valence-corrected chi connectivity index (χ1v) is 17.4. The summed E-state index contributed by atoms with van der Waals surface area (Å²) in [6.07, 6.45) is 12.9. The number of esters is 1. The van der Waals surface area contributed by atoms with Crippen molar-refractivity contribution < 1.29 is 29.6 Å². The van der Waals surface area contributed by atoms with Crippen LogP contribution in [0.4, 0.5) is 0 Å². The summed E-state index contributed by atoms with van der Waals surface area (Å²) in [7, 11) is 0. The van der Waals surface area contributed by atoms with E-state index in [1.807, 2.05) is 0 Å². The lowest BCUT2D eigenvalue weighted by Crippen LogP contribution is -2.67. The van der Waals surface area contributed by atoms with Crippen molar-refractivity contribution in [3.05, 3.63) is 47.6 Å². The monoisotopic (exact) mass is 618 g/mol. The first kappa shape index (κ1) is 32.3. The van der Waals surface area contributed by atoms with Crippen molar-refractivity contribution in [2.24, 2.45) is 56.7 Å². The summed E-state index contributed by atoms with van der Waals surface area (Å²) in [5.41, 5.74) is 0.102. The van der Waals surface area contributed by atoms with Crippen LogP contribution in [0.5, 0.6) is 5.75 Å². The van der Waals surface area contributed by atoms with Gasteiger partial charge in [0.05, 0.1) is 18.1 Å². The van der Waals surface area contributed by atoms with E-state index < -0.39 is 17.4 Å². The minimum atomic E-state index is -0.938. The summed E-state index contributed by atoms with van der Waals surface area (Å²) < 4.78 is 6.02. The molecule has 246 valence electrons. The van der Waals surface area contributed by atoms with E-state index in [4.69, 9.17) is 4.74 Å². The SMILES string of the molecule is CC1CCC2(COC(=O)C=Cc3ccc(O)cc3)CCC3(C(=O)O)C(=CCC4C5(C)CCC(O)C(C)(C)C5CCC43C)C2C1C. The van der Waals surface area contributed by atoms with Gasteiger partial charge in [-0.05, 0) is 127 Å². The van der Waals surface area contributed by atoms with Crippen LogP contribution < -0.4 is 0 Å². The molecule has 4 fully saturated rings. The number of aliphatic carboxylic acids is 1. The predicted octanol–water partition coefficient (Wildman–Crippen LogP) is 8.03. The maximum absolute atomic E-state index is 13.9. The second-order valence-corrected chi connectivity index (χ2v) is 16.8. The highest BCUT2D eigenvalue weighted by atomic mass is 16.5. The molecule has 6 rings (SSSR count). The quantitative estimate of drug-likeness (QED) is 0.175. The van der Waals surface area contributed by atoms with Crippen LogP contribution in [0.15, 0.2) is 42.0 Å². The molecular formula is C39H54O6. The molecular weight excluding hydrogens is 564 g/mol. The van der Waals surface area contributed by atoms with Crippen molar-refractivity contribution in [1.29, 1.82) is 0 Å². The van der Waals surface area contributed by atoms with Crippen LogP contribution in [0.25, 0.3) is 6.08 Å². The lowest BCUT2D eigenvalue weighted by atomic mass is 9.33. The normalized spacial score (nSPS) is 43.7. The molecule has 45 heavy (non-hydrogen) atoms. The van der Waals surface area contributed by atoms with Crippen molar-refractivity contribution in [1.82, 2.24) is 0 Å². The summed E-state index contributed by atoms with van der Waals surface area (Å²) in [4.78, 5) is 26.9. The number of aliphatic hydroxyl groups excluding tert-OH is 1. The molecule has 0 spiro atoms. The lowest BCUT2D eigenvalue weighted by Gasteiger charge is -2.70. The average Bonchev–Trinajstić information content (AvgIpc) is 2.99. The van der Waals surface area contributed by atoms with Crippen LogP contribution in [0.2, 0.25) is 0 Å². The van der Waals surface area contributed by atoms with E-state index in [0.717, 1.165) is 62.5 Å². The maximum Gasteiger partial charge on any atom is 0.330 e. The molecule has 6 nitrogen and oxygen atoms in total. The standard InChI is InChI=1S/C39H54O6/c1-24-15-20-38(23-45-32(42)14-9-26-7-10-27(40)11-8-26)21-22-39(34(43)44)28(33(38)25(24)2)12-13-30-36(5)18-17-31(41)35(3,4)29(36)16-19-37(30,39)6/h7-12,14,24-25,29-31,33,40-41H,13,15-23H2,1-6H3,(H,43,44). The smallest absolute Gasteiger partial charge is 0.330 e. The molecule has 3 N–H and O–H groups in total. The third-order valence-electron chi connectivity index (χ3n) is 14.8. The van der Waals surface area contributed by atoms with Gasteiger partial charge in [0.1, 0.15) is 5.75 Å². The number of hydrogen-bond donors (Lipinski definition) is 3. The van der Waals surface area contributed by atoms with Crippen LogP contribution in [0.3, 0.4) is 0 Å². The number of aromatic hydroxyl groups is 1. The number of carboxylic acids is 1. The Kier molecular flexibility index (Phi) is 7.90. The second-order valence-electron chi connectivity index (χ2n) is 16.8. The first-order chi connectivity index (χ1) is 21.1. The van der Waals surface area contributed by atoms with Crippen LogP contribution in [0.1, 0.15) is 105 Å². The highest BCUT2D eigenvalue weighted by Crippen LogP contribution is 2.76. The predicted molar refractivity (Wildman–Crippen MR) is 175 cm³/mol. The molecule has 0 aromatic heterocycles. The second kappa shape index (κ2) is 11.0. The van der Waals surface area contributed by atoms with E-state index in [0.29, 0.717) is 24.9 Å². The fraction of sp³-hybridized carbons (Fsp3) is 0.692. The van der Waals surface area contributed by atoms with Gasteiger partial charge in [0.25, 0.3) is 0 Å². The number of ether oxygens (including phenoxy) is 1. The number of phenolic OH excluding ortho intramolecular Hbond substituents is 1. The number of carboxylic acid groups (broad SMARTS) is 1. The molecule has 10 unspecified atom stereocenters. The topological polar surface area (TPSA) is 104 Å². The van der Waals surface area contributed by atoms with Crippen molar-refractivity contribution in [2.45, 2.75) is 105 Å². The molecule has 0 heterocycles. The fourth-order valence-electron chi connectivity index (χ4n) is 12.0. The summed E-state index contributed by atoms with van der Waals surface area (Å²) in [6, 6.07) is 6.67. The van der Waals surface area contributed by atoms with Crippen molar-refractivity contribution in [2.75, 3.05) is 6.61 Å². The van der Waals surface area contributed by atoms with E-state index in [-0.39, 0.29) is 51.3 Å². The lowest BCUT2D eigenvalue weighted by molar-refractivity contribution is -0.217. The molecule has 0 bridgehead atoms. The number of aliphatic hydroxyl groups is 1. The molecule has 0 amide bonds. The Balaban J connectivity index is 1.35. The van der Waals surface area contributed by atoms with Crippen molar-refractivity contribution in [3.63, 3.8) is 0 Å². The van der Waals surface area contributed by atoms with Crippen molar-refractivity contribution in [3.8, 4) is 5.75 Å². The molecule has 4 saturated carbocycles. The number of carbonyl (C=O) groups is 2. The highest BCUT2D eigenvalue weighted by molar-refractivity contribution is 5.87. The zero-order valence-corrected chi connectivity index (χ0v) is 28.1. The van der Waals surface area contributed by atoms with Gasteiger partial charge in [-0.3, -0.25) is 4.79 Å². The molecule has 5 aliphatic rings.